The number of benzene rings is 1. The summed E-state index contributed by atoms with van der Waals surface area (Å²) in [6, 6.07) is 7.49. The number of nitrogens with one attached hydrogen (secondary N) is 1. The zero-order valence-electron chi connectivity index (χ0n) is 15.5. The molecule has 2 heterocycles. The number of carboxylic acid groups (broad SMARTS) is 1. The van der Waals surface area contributed by atoms with Gasteiger partial charge in [-0.15, -0.1) is 0 Å². The Labute approximate surface area is 157 Å². The number of carbonyl (C=O) groups excluding carboxylic acids is 1. The van der Waals surface area contributed by atoms with E-state index in [0.717, 1.165) is 11.3 Å². The monoisotopic (exact) mass is 370 g/mol. The number of rotatable bonds is 3. The number of para-hydroxylation sites is 1. The molecular weight excluding hydrogens is 348 g/mol. The summed E-state index contributed by atoms with van der Waals surface area (Å²) >= 11 is 0. The average molecular weight is 370 g/mol. The Kier molecular flexibility index (Phi) is 4.98. The van der Waals surface area contributed by atoms with Crippen molar-refractivity contribution < 1.29 is 19.4 Å². The highest BCUT2D eigenvalue weighted by Crippen LogP contribution is 2.36. The molecule has 1 atom stereocenters. The molecule has 27 heavy (non-hydrogen) atoms. The molecule has 2 N–H and O–H groups in total. The van der Waals surface area contributed by atoms with Gasteiger partial charge in [-0.3, -0.25) is 4.90 Å². The third kappa shape index (κ3) is 4.33. The van der Waals surface area contributed by atoms with Gasteiger partial charge in [0.1, 0.15) is 5.60 Å². The van der Waals surface area contributed by atoms with Crippen molar-refractivity contribution in [3.05, 3.63) is 47.8 Å². The first kappa shape index (κ1) is 18.6. The number of amides is 1. The zero-order chi connectivity index (χ0) is 19.6. The molecule has 0 radical (unpaired) electrons. The van der Waals surface area contributed by atoms with Crippen molar-refractivity contribution in [2.75, 3.05) is 16.8 Å². The molecule has 142 valence electrons. The van der Waals surface area contributed by atoms with E-state index < -0.39 is 11.6 Å². The number of aromatic carboxylic acids is 1. The van der Waals surface area contributed by atoms with Crippen molar-refractivity contribution in [3.63, 3.8) is 0 Å². The topological polar surface area (TPSA) is 105 Å². The van der Waals surface area contributed by atoms with Crippen LogP contribution in [0.25, 0.3) is 0 Å². The maximum atomic E-state index is 12.5. The van der Waals surface area contributed by atoms with Crippen LogP contribution in [0.3, 0.4) is 0 Å². The predicted molar refractivity (Wildman–Crippen MR) is 100.0 cm³/mol. The molecule has 0 aliphatic carbocycles. The second-order valence-corrected chi connectivity index (χ2v) is 7.28. The molecule has 1 aromatic heterocycles. The second-order valence-electron chi connectivity index (χ2n) is 7.28. The van der Waals surface area contributed by atoms with Gasteiger partial charge in [-0.2, -0.15) is 0 Å². The Balaban J connectivity index is 1.81. The lowest BCUT2D eigenvalue weighted by atomic mass is 9.96. The number of carboxylic acids is 1. The van der Waals surface area contributed by atoms with E-state index in [4.69, 9.17) is 9.84 Å². The van der Waals surface area contributed by atoms with Gasteiger partial charge in [0.05, 0.1) is 17.3 Å². The minimum atomic E-state index is -1.07. The van der Waals surface area contributed by atoms with Crippen LogP contribution in [-0.2, 0) is 4.74 Å². The Morgan fingerprint density at radius 1 is 1.22 bits per heavy atom. The van der Waals surface area contributed by atoms with Crippen LogP contribution >= 0.6 is 0 Å². The third-order valence-electron chi connectivity index (χ3n) is 4.06. The van der Waals surface area contributed by atoms with Gasteiger partial charge in [-0.05, 0) is 38.8 Å². The van der Waals surface area contributed by atoms with E-state index in [1.165, 1.54) is 12.4 Å². The molecule has 3 rings (SSSR count). The van der Waals surface area contributed by atoms with Crippen molar-refractivity contribution in [2.45, 2.75) is 38.8 Å². The molecule has 1 amide bonds. The van der Waals surface area contributed by atoms with Crippen LogP contribution in [-0.4, -0.2) is 39.3 Å². The minimum Gasteiger partial charge on any atom is -0.478 e. The van der Waals surface area contributed by atoms with Crippen LogP contribution in [0.4, 0.5) is 16.4 Å². The summed E-state index contributed by atoms with van der Waals surface area (Å²) in [6.07, 6.45) is 2.79. The van der Waals surface area contributed by atoms with Crippen LogP contribution in [0, 0.1) is 0 Å². The number of aromatic nitrogens is 2. The predicted octanol–water partition coefficient (Wildman–Crippen LogP) is 3.47. The number of carbonyl (C=O) groups is 2. The number of anilines is 2. The highest BCUT2D eigenvalue weighted by molar-refractivity contribution is 5.90. The van der Waals surface area contributed by atoms with Crippen LogP contribution in [0.1, 0.15) is 49.2 Å². The summed E-state index contributed by atoms with van der Waals surface area (Å²) in [4.78, 5) is 33.2. The summed E-state index contributed by atoms with van der Waals surface area (Å²) in [5.74, 6) is -0.733. The highest BCUT2D eigenvalue weighted by Gasteiger charge is 2.31. The lowest BCUT2D eigenvalue weighted by molar-refractivity contribution is 0.0576. The molecule has 1 aliphatic rings. The SMILES string of the molecule is CC(C)(C)OC(=O)N1CCC(Nc2ncc(C(=O)O)cn2)c2ccccc21. The first-order chi connectivity index (χ1) is 12.7. The van der Waals surface area contributed by atoms with E-state index in [1.807, 2.05) is 45.0 Å². The van der Waals surface area contributed by atoms with Gasteiger partial charge in [-0.1, -0.05) is 18.2 Å². The van der Waals surface area contributed by atoms with E-state index >= 15 is 0 Å². The Bertz CT molecular complexity index is 846. The van der Waals surface area contributed by atoms with Crippen LogP contribution in [0.5, 0.6) is 0 Å². The fourth-order valence-corrected chi connectivity index (χ4v) is 2.89. The van der Waals surface area contributed by atoms with E-state index in [2.05, 4.69) is 15.3 Å². The highest BCUT2D eigenvalue weighted by atomic mass is 16.6. The molecular formula is C19H22N4O4. The molecule has 0 saturated carbocycles. The Morgan fingerprint density at radius 2 is 1.89 bits per heavy atom. The molecule has 8 nitrogen and oxygen atoms in total. The van der Waals surface area contributed by atoms with Crippen molar-refractivity contribution in [2.24, 2.45) is 0 Å². The average Bonchev–Trinajstić information content (AvgIpc) is 2.61. The maximum Gasteiger partial charge on any atom is 0.414 e. The molecule has 2 aromatic rings. The lowest BCUT2D eigenvalue weighted by Crippen LogP contribution is -2.41. The van der Waals surface area contributed by atoms with E-state index in [1.54, 1.807) is 4.90 Å². The Morgan fingerprint density at radius 3 is 2.52 bits per heavy atom. The first-order valence-electron chi connectivity index (χ1n) is 8.66. The first-order valence-corrected chi connectivity index (χ1v) is 8.66. The van der Waals surface area contributed by atoms with Gasteiger partial charge in [0.15, 0.2) is 0 Å². The van der Waals surface area contributed by atoms with E-state index in [0.29, 0.717) is 18.9 Å². The van der Waals surface area contributed by atoms with E-state index in [-0.39, 0.29) is 17.7 Å². The van der Waals surface area contributed by atoms with Crippen LogP contribution in [0.2, 0.25) is 0 Å². The van der Waals surface area contributed by atoms with Crippen molar-refractivity contribution >= 4 is 23.7 Å². The molecule has 0 spiro atoms. The normalized spacial score (nSPS) is 16.4. The fourth-order valence-electron chi connectivity index (χ4n) is 2.89. The molecule has 8 heteroatoms. The number of ether oxygens (including phenoxy) is 1. The van der Waals surface area contributed by atoms with Gasteiger partial charge >= 0.3 is 12.1 Å². The molecule has 0 bridgehead atoms. The molecule has 1 unspecified atom stereocenters. The smallest absolute Gasteiger partial charge is 0.414 e. The minimum absolute atomic E-state index is 0.0284. The van der Waals surface area contributed by atoms with Gasteiger partial charge in [0.25, 0.3) is 0 Å². The quantitative estimate of drug-likeness (QED) is 0.852. The van der Waals surface area contributed by atoms with Crippen LogP contribution in [0.15, 0.2) is 36.7 Å². The molecule has 0 saturated heterocycles. The number of fused-ring (bicyclic) bond motifs is 1. The standard InChI is InChI=1S/C19H22N4O4/c1-19(2,3)27-18(26)23-9-8-14(13-6-4-5-7-15(13)23)22-17-20-10-12(11-21-17)16(24)25/h4-7,10-11,14H,8-9H2,1-3H3,(H,24,25)(H,20,21,22). The van der Waals surface area contributed by atoms with Gasteiger partial charge in [0.2, 0.25) is 5.95 Å². The summed E-state index contributed by atoms with van der Waals surface area (Å²) in [7, 11) is 0. The second kappa shape index (κ2) is 7.22. The lowest BCUT2D eigenvalue weighted by Gasteiger charge is -2.35. The number of nitrogens with zero attached hydrogens (tertiary/aromatic N) is 3. The van der Waals surface area contributed by atoms with Gasteiger partial charge in [-0.25, -0.2) is 19.6 Å². The Hall–Kier alpha value is -3.16. The summed E-state index contributed by atoms with van der Waals surface area (Å²) in [5, 5.41) is 12.2. The number of hydrogen-bond acceptors (Lipinski definition) is 6. The summed E-state index contributed by atoms with van der Waals surface area (Å²) in [6.45, 7) is 5.99. The van der Waals surface area contributed by atoms with Crippen molar-refractivity contribution in [1.29, 1.82) is 0 Å². The van der Waals surface area contributed by atoms with Crippen LogP contribution < -0.4 is 10.2 Å². The third-order valence-corrected chi connectivity index (χ3v) is 4.06. The van der Waals surface area contributed by atoms with E-state index in [9.17, 15) is 9.59 Å². The summed E-state index contributed by atoms with van der Waals surface area (Å²) in [5.41, 5.74) is 1.17. The molecule has 1 aromatic carbocycles. The van der Waals surface area contributed by atoms with Crippen molar-refractivity contribution in [1.82, 2.24) is 9.97 Å². The van der Waals surface area contributed by atoms with Gasteiger partial charge in [0, 0.05) is 18.9 Å². The van der Waals surface area contributed by atoms with Gasteiger partial charge < -0.3 is 15.2 Å². The number of hydrogen-bond donors (Lipinski definition) is 2. The fraction of sp³-hybridized carbons (Fsp3) is 0.368. The maximum absolute atomic E-state index is 12.5. The molecule has 0 fully saturated rings. The summed E-state index contributed by atoms with van der Waals surface area (Å²) < 4.78 is 5.51. The molecule has 1 aliphatic heterocycles. The van der Waals surface area contributed by atoms with Crippen molar-refractivity contribution in [3.8, 4) is 0 Å². The zero-order valence-corrected chi connectivity index (χ0v) is 15.5. The largest absolute Gasteiger partial charge is 0.478 e.